The van der Waals surface area contributed by atoms with E-state index in [9.17, 15) is 0 Å². The van der Waals surface area contributed by atoms with Gasteiger partial charge in [0.05, 0.1) is 0 Å². The highest BCUT2D eigenvalue weighted by atomic mass is 15.1. The Balaban J connectivity index is 2.40. The first-order chi connectivity index (χ1) is 7.72. The van der Waals surface area contributed by atoms with Gasteiger partial charge in [0.15, 0.2) is 0 Å². The topological polar surface area (TPSA) is 53.1 Å². The first-order valence-electron chi connectivity index (χ1n) is 5.57. The lowest BCUT2D eigenvalue weighted by atomic mass is 10.4. The van der Waals surface area contributed by atoms with Gasteiger partial charge in [0.2, 0.25) is 0 Å². The van der Waals surface area contributed by atoms with Gasteiger partial charge in [-0.15, -0.1) is 0 Å². The van der Waals surface area contributed by atoms with E-state index in [-0.39, 0.29) is 0 Å². The van der Waals surface area contributed by atoms with Crippen molar-refractivity contribution in [3.05, 3.63) is 18.1 Å². The molecular formula is C11H21N5. The van der Waals surface area contributed by atoms with Gasteiger partial charge in [-0.05, 0) is 27.2 Å². The molecule has 0 fully saturated rings. The van der Waals surface area contributed by atoms with Crippen LogP contribution in [0.15, 0.2) is 12.3 Å². The molecule has 0 spiro atoms. The molecule has 0 aromatic carbocycles. The lowest BCUT2D eigenvalue weighted by molar-refractivity contribution is 0.425. The summed E-state index contributed by atoms with van der Waals surface area (Å²) < 4.78 is 0. The maximum atomic E-state index is 4.43. The van der Waals surface area contributed by atoms with Crippen molar-refractivity contribution < 1.29 is 0 Å². The van der Waals surface area contributed by atoms with Crippen molar-refractivity contribution in [1.29, 1.82) is 0 Å². The summed E-state index contributed by atoms with van der Waals surface area (Å²) in [6.07, 6.45) is 2.66. The van der Waals surface area contributed by atoms with E-state index in [0.29, 0.717) is 0 Å². The van der Waals surface area contributed by atoms with Gasteiger partial charge in [-0.3, -0.25) is 0 Å². The summed E-state index contributed by atoms with van der Waals surface area (Å²) in [5.74, 6) is 1.78. The van der Waals surface area contributed by atoms with Gasteiger partial charge in [-0.25, -0.2) is 9.97 Å². The van der Waals surface area contributed by atoms with Crippen LogP contribution in [0.25, 0.3) is 0 Å². The zero-order valence-electron chi connectivity index (χ0n) is 10.3. The van der Waals surface area contributed by atoms with Crippen molar-refractivity contribution in [2.45, 2.75) is 6.42 Å². The van der Waals surface area contributed by atoms with Crippen LogP contribution in [-0.4, -0.2) is 55.6 Å². The Morgan fingerprint density at radius 3 is 2.81 bits per heavy atom. The fraction of sp³-hybridized carbons (Fsp3) is 0.636. The molecule has 0 radical (unpaired) electrons. The number of hydrogen-bond donors (Lipinski definition) is 2. The fourth-order valence-corrected chi connectivity index (χ4v) is 1.26. The zero-order valence-corrected chi connectivity index (χ0v) is 10.3. The standard InChI is InChI=1S/C11H21N5/c1-12-6-4-10-13-7-5-11(15-10)14-8-9-16(2)3/h5,7,12H,4,6,8-9H2,1-3H3,(H,13,14,15). The normalized spacial score (nSPS) is 10.8. The van der Waals surface area contributed by atoms with Gasteiger partial charge in [0.25, 0.3) is 0 Å². The first-order valence-corrected chi connectivity index (χ1v) is 5.57. The van der Waals surface area contributed by atoms with Crippen molar-refractivity contribution in [3.8, 4) is 0 Å². The molecule has 0 saturated heterocycles. The third-order valence-corrected chi connectivity index (χ3v) is 2.17. The Morgan fingerprint density at radius 1 is 1.31 bits per heavy atom. The van der Waals surface area contributed by atoms with Crippen molar-refractivity contribution in [2.24, 2.45) is 0 Å². The molecule has 1 aromatic rings. The number of likely N-dealkylation sites (N-methyl/N-ethyl adjacent to an activating group) is 2. The summed E-state index contributed by atoms with van der Waals surface area (Å²) in [5.41, 5.74) is 0. The molecule has 5 heteroatoms. The minimum absolute atomic E-state index is 0.861. The smallest absolute Gasteiger partial charge is 0.131 e. The molecule has 1 aromatic heterocycles. The van der Waals surface area contributed by atoms with E-state index in [0.717, 1.165) is 37.7 Å². The molecule has 0 atom stereocenters. The summed E-state index contributed by atoms with van der Waals surface area (Å²) in [6.45, 7) is 2.80. The van der Waals surface area contributed by atoms with Crippen molar-refractivity contribution >= 4 is 5.82 Å². The van der Waals surface area contributed by atoms with E-state index in [1.54, 1.807) is 6.20 Å². The zero-order chi connectivity index (χ0) is 11.8. The molecule has 0 aliphatic carbocycles. The maximum Gasteiger partial charge on any atom is 0.131 e. The molecule has 0 aliphatic rings. The second-order valence-corrected chi connectivity index (χ2v) is 3.94. The number of aromatic nitrogens is 2. The number of rotatable bonds is 7. The van der Waals surface area contributed by atoms with Crippen molar-refractivity contribution in [2.75, 3.05) is 46.1 Å². The molecule has 5 nitrogen and oxygen atoms in total. The van der Waals surface area contributed by atoms with Crippen LogP contribution < -0.4 is 10.6 Å². The predicted octanol–water partition coefficient (Wildman–Crippen LogP) is 0.212. The lowest BCUT2D eigenvalue weighted by Gasteiger charge is -2.11. The summed E-state index contributed by atoms with van der Waals surface area (Å²) in [5, 5.41) is 6.37. The molecule has 0 bridgehead atoms. The van der Waals surface area contributed by atoms with E-state index in [4.69, 9.17) is 0 Å². The molecule has 2 N–H and O–H groups in total. The minimum atomic E-state index is 0.861. The Bertz CT molecular complexity index is 300. The van der Waals surface area contributed by atoms with Gasteiger partial charge < -0.3 is 15.5 Å². The highest BCUT2D eigenvalue weighted by Crippen LogP contribution is 2.01. The average Bonchev–Trinajstić information content (AvgIpc) is 2.26. The molecule has 0 amide bonds. The van der Waals surface area contributed by atoms with Crippen LogP contribution in [0.1, 0.15) is 5.82 Å². The third kappa shape index (κ3) is 5.04. The van der Waals surface area contributed by atoms with E-state index in [2.05, 4.69) is 39.6 Å². The SMILES string of the molecule is CNCCc1nccc(NCCN(C)C)n1. The summed E-state index contributed by atoms with van der Waals surface area (Å²) >= 11 is 0. The number of hydrogen-bond acceptors (Lipinski definition) is 5. The molecule has 0 unspecified atom stereocenters. The van der Waals surface area contributed by atoms with Crippen LogP contribution in [0.5, 0.6) is 0 Å². The van der Waals surface area contributed by atoms with Gasteiger partial charge in [-0.1, -0.05) is 0 Å². The number of nitrogens with zero attached hydrogens (tertiary/aromatic N) is 3. The molecule has 90 valence electrons. The highest BCUT2D eigenvalue weighted by Gasteiger charge is 1.98. The Labute approximate surface area is 97.3 Å². The molecular weight excluding hydrogens is 202 g/mol. The van der Waals surface area contributed by atoms with E-state index in [1.807, 2.05) is 13.1 Å². The molecule has 16 heavy (non-hydrogen) atoms. The maximum absolute atomic E-state index is 4.43. The van der Waals surface area contributed by atoms with Crippen LogP contribution in [-0.2, 0) is 6.42 Å². The Kier molecular flexibility index (Phi) is 5.74. The largest absolute Gasteiger partial charge is 0.369 e. The van der Waals surface area contributed by atoms with E-state index >= 15 is 0 Å². The molecule has 1 heterocycles. The van der Waals surface area contributed by atoms with E-state index in [1.165, 1.54) is 0 Å². The lowest BCUT2D eigenvalue weighted by Crippen LogP contribution is -2.21. The predicted molar refractivity (Wildman–Crippen MR) is 66.7 cm³/mol. The first kappa shape index (κ1) is 12.9. The number of anilines is 1. The fourth-order valence-electron chi connectivity index (χ4n) is 1.26. The molecule has 0 aliphatic heterocycles. The van der Waals surface area contributed by atoms with E-state index < -0.39 is 0 Å². The summed E-state index contributed by atoms with van der Waals surface area (Å²) in [6, 6.07) is 1.90. The highest BCUT2D eigenvalue weighted by molar-refractivity contribution is 5.32. The minimum Gasteiger partial charge on any atom is -0.369 e. The monoisotopic (exact) mass is 223 g/mol. The van der Waals surface area contributed by atoms with Gasteiger partial charge >= 0.3 is 0 Å². The molecule has 0 saturated carbocycles. The van der Waals surface area contributed by atoms with Crippen LogP contribution in [0.4, 0.5) is 5.82 Å². The average molecular weight is 223 g/mol. The van der Waals surface area contributed by atoms with Gasteiger partial charge in [-0.2, -0.15) is 0 Å². The van der Waals surface area contributed by atoms with Crippen LogP contribution in [0, 0.1) is 0 Å². The van der Waals surface area contributed by atoms with Crippen LogP contribution in [0.2, 0.25) is 0 Å². The van der Waals surface area contributed by atoms with Crippen LogP contribution in [0.3, 0.4) is 0 Å². The second-order valence-electron chi connectivity index (χ2n) is 3.94. The Hall–Kier alpha value is -1.20. The van der Waals surface area contributed by atoms with Gasteiger partial charge in [0, 0.05) is 32.3 Å². The third-order valence-electron chi connectivity index (χ3n) is 2.17. The second kappa shape index (κ2) is 7.14. The van der Waals surface area contributed by atoms with Gasteiger partial charge in [0.1, 0.15) is 11.6 Å². The van der Waals surface area contributed by atoms with Crippen molar-refractivity contribution in [1.82, 2.24) is 20.2 Å². The number of nitrogens with one attached hydrogen (secondary N) is 2. The molecule has 1 rings (SSSR count). The summed E-state index contributed by atoms with van der Waals surface area (Å²) in [7, 11) is 6.04. The quantitative estimate of drug-likeness (QED) is 0.692. The van der Waals surface area contributed by atoms with Crippen LogP contribution >= 0.6 is 0 Å². The van der Waals surface area contributed by atoms with Crippen molar-refractivity contribution in [3.63, 3.8) is 0 Å². The Morgan fingerprint density at radius 2 is 2.12 bits per heavy atom. The summed E-state index contributed by atoms with van der Waals surface area (Å²) in [4.78, 5) is 10.8.